The molecule has 0 saturated carbocycles. The fourth-order valence-corrected chi connectivity index (χ4v) is 5.15. The molecule has 0 aliphatic carbocycles. The van der Waals surface area contributed by atoms with Crippen molar-refractivity contribution in [1.29, 1.82) is 0 Å². The van der Waals surface area contributed by atoms with Crippen molar-refractivity contribution in [1.82, 2.24) is 0 Å². The molecule has 3 aromatic rings. The SMILES string of the molecule is COP(OC)OC.[C-]#[O+].[C-]#[O+].[C-]#[O+].[C-]#[O+].[Cr].c1ccc(P(c2ccccc2)c2ccccc2)cc1. The Balaban J connectivity index is -0.000000255. The van der Waals surface area contributed by atoms with Gasteiger partial charge in [0.05, 0.1) is 0 Å². The van der Waals surface area contributed by atoms with E-state index in [2.05, 4.69) is 131 Å². The molecule has 182 valence electrons. The molecule has 0 spiro atoms. The first-order valence-electron chi connectivity index (χ1n) is 8.99. The molecule has 0 aliphatic heterocycles. The van der Waals surface area contributed by atoms with Gasteiger partial charge in [-0.05, 0) is 23.8 Å². The normalized spacial score (nSPS) is 8.03. The quantitative estimate of drug-likeness (QED) is 0.257. The van der Waals surface area contributed by atoms with E-state index in [9.17, 15) is 0 Å². The van der Waals surface area contributed by atoms with Crippen LogP contribution in [-0.4, -0.2) is 21.3 Å². The number of hydrogen-bond donors (Lipinski definition) is 0. The maximum atomic E-state index is 7.50. The van der Waals surface area contributed by atoms with Gasteiger partial charge >= 0.3 is 53.8 Å². The van der Waals surface area contributed by atoms with Gasteiger partial charge in [0.25, 0.3) is 0 Å². The molecule has 35 heavy (non-hydrogen) atoms. The van der Waals surface area contributed by atoms with Crippen molar-refractivity contribution in [3.63, 3.8) is 0 Å². The zero-order valence-corrected chi connectivity index (χ0v) is 22.4. The molecular formula is C25H24CrO7P2. The first-order valence-corrected chi connectivity index (χ1v) is 11.4. The molecule has 3 aromatic carbocycles. The van der Waals surface area contributed by atoms with Crippen LogP contribution in [-0.2, 0) is 49.5 Å². The van der Waals surface area contributed by atoms with E-state index in [1.807, 2.05) is 0 Å². The summed E-state index contributed by atoms with van der Waals surface area (Å²) >= 11 is 0. The van der Waals surface area contributed by atoms with Gasteiger partial charge in [0, 0.05) is 38.7 Å². The molecule has 10 heteroatoms. The van der Waals surface area contributed by atoms with E-state index in [-0.39, 0.29) is 17.4 Å². The first-order chi connectivity index (χ1) is 16.8. The third-order valence-corrected chi connectivity index (χ3v) is 6.83. The second-order valence-electron chi connectivity index (χ2n) is 5.11. The van der Waals surface area contributed by atoms with Crippen molar-refractivity contribution in [3.8, 4) is 0 Å². The van der Waals surface area contributed by atoms with Crippen molar-refractivity contribution in [2.75, 3.05) is 21.3 Å². The molecule has 0 atom stereocenters. The van der Waals surface area contributed by atoms with Crippen LogP contribution < -0.4 is 15.9 Å². The Bertz CT molecular complexity index is 778. The van der Waals surface area contributed by atoms with E-state index in [1.165, 1.54) is 15.9 Å². The van der Waals surface area contributed by atoms with Gasteiger partial charge in [0.15, 0.2) is 0 Å². The molecule has 0 aromatic heterocycles. The van der Waals surface area contributed by atoms with Gasteiger partial charge < -0.3 is 13.6 Å². The van der Waals surface area contributed by atoms with E-state index in [0.717, 1.165) is 0 Å². The van der Waals surface area contributed by atoms with Crippen molar-refractivity contribution in [2.24, 2.45) is 0 Å². The molecule has 0 N–H and O–H groups in total. The smallest absolute Gasteiger partial charge is 0 e. The second kappa shape index (κ2) is 31.9. The molecule has 0 radical (unpaired) electrons. The topological polar surface area (TPSA) is 107 Å². The van der Waals surface area contributed by atoms with E-state index in [0.29, 0.717) is 0 Å². The molecule has 0 fully saturated rings. The van der Waals surface area contributed by atoms with Crippen LogP contribution >= 0.6 is 16.5 Å². The standard InChI is InChI=1S/C18H15P.C3H9O3P.4CO.Cr/c1-4-10-16(11-5-1)19(17-12-6-2-7-13-17)18-14-8-3-9-15-18;1-4-7(5-2)6-3;4*1-2;/h1-15H;1-3H3;;;;;. The Hall–Kier alpha value is -2.11. The van der Waals surface area contributed by atoms with Crippen LogP contribution in [0.5, 0.6) is 0 Å². The summed E-state index contributed by atoms with van der Waals surface area (Å²) in [6, 6.07) is 32.3. The molecule has 0 bridgehead atoms. The van der Waals surface area contributed by atoms with Crippen LogP contribution in [0.1, 0.15) is 0 Å². The van der Waals surface area contributed by atoms with Crippen LogP contribution in [0.25, 0.3) is 0 Å². The first kappa shape index (κ1) is 40.1. The predicted molar refractivity (Wildman–Crippen MR) is 129 cm³/mol. The molecule has 0 saturated heterocycles. The maximum Gasteiger partial charge on any atom is 0 e. The Morgan fingerprint density at radius 1 is 0.457 bits per heavy atom. The van der Waals surface area contributed by atoms with Crippen LogP contribution in [0.15, 0.2) is 91.0 Å². The molecule has 0 unspecified atom stereocenters. The van der Waals surface area contributed by atoms with Crippen LogP contribution in [0.4, 0.5) is 0 Å². The minimum atomic E-state index is -1.05. The summed E-state index contributed by atoms with van der Waals surface area (Å²) in [5.41, 5.74) is 0. The Kier molecular flexibility index (Phi) is 36.5. The van der Waals surface area contributed by atoms with Crippen molar-refractivity contribution < 1.29 is 49.5 Å². The Labute approximate surface area is 220 Å². The summed E-state index contributed by atoms with van der Waals surface area (Å²) in [5, 5.41) is 4.19. The maximum absolute atomic E-state index is 7.50. The van der Waals surface area contributed by atoms with Gasteiger partial charge in [0.2, 0.25) is 0 Å². The van der Waals surface area contributed by atoms with Crippen LogP contribution in [0.2, 0.25) is 0 Å². The zero-order chi connectivity index (χ0) is 26.6. The van der Waals surface area contributed by atoms with Crippen molar-refractivity contribution in [2.45, 2.75) is 0 Å². The van der Waals surface area contributed by atoms with Gasteiger partial charge in [-0.2, -0.15) is 0 Å². The fraction of sp³-hybridized carbons (Fsp3) is 0.120. The predicted octanol–water partition coefficient (Wildman–Crippen LogP) is 4.44. The molecule has 0 amide bonds. The van der Waals surface area contributed by atoms with Crippen molar-refractivity contribution in [3.05, 3.63) is 118 Å². The van der Waals surface area contributed by atoms with E-state index in [4.69, 9.17) is 18.6 Å². The largest absolute Gasteiger partial charge is 0.0622 e. The van der Waals surface area contributed by atoms with E-state index < -0.39 is 16.5 Å². The molecule has 7 nitrogen and oxygen atoms in total. The summed E-state index contributed by atoms with van der Waals surface area (Å²) < 4.78 is 44.0. The van der Waals surface area contributed by atoms with Gasteiger partial charge in [0.1, 0.15) is 0 Å². The monoisotopic (exact) mass is 550 g/mol. The minimum absolute atomic E-state index is 0. The fourth-order valence-electron chi connectivity index (χ4n) is 2.40. The summed E-state index contributed by atoms with van der Waals surface area (Å²) in [4.78, 5) is 0. The summed E-state index contributed by atoms with van der Waals surface area (Å²) in [7, 11) is 3.12. The van der Waals surface area contributed by atoms with Crippen LogP contribution in [0.3, 0.4) is 0 Å². The average molecular weight is 550 g/mol. The summed E-state index contributed by atoms with van der Waals surface area (Å²) in [5.74, 6) is 0. The van der Waals surface area contributed by atoms with Gasteiger partial charge in [-0.15, -0.1) is 0 Å². The molecule has 0 aliphatic rings. The molecule has 0 heterocycles. The Morgan fingerprint density at radius 3 is 0.800 bits per heavy atom. The zero-order valence-electron chi connectivity index (χ0n) is 19.3. The van der Waals surface area contributed by atoms with Gasteiger partial charge in [-0.1, -0.05) is 91.0 Å². The van der Waals surface area contributed by atoms with E-state index >= 15 is 0 Å². The van der Waals surface area contributed by atoms with E-state index in [1.54, 1.807) is 21.3 Å². The number of hydrogen-bond acceptors (Lipinski definition) is 3. The van der Waals surface area contributed by atoms with Gasteiger partial charge in [-0.25, -0.2) is 0 Å². The average Bonchev–Trinajstić information content (AvgIpc) is 2.96. The third-order valence-electron chi connectivity index (χ3n) is 3.49. The minimum Gasteiger partial charge on any atom is -0.0622 e. The third kappa shape index (κ3) is 17.9. The van der Waals surface area contributed by atoms with Crippen molar-refractivity contribution >= 4 is 32.4 Å². The summed E-state index contributed by atoms with van der Waals surface area (Å²) in [6.07, 6.45) is 0. The van der Waals surface area contributed by atoms with Gasteiger partial charge in [-0.3, -0.25) is 0 Å². The van der Waals surface area contributed by atoms with Crippen LogP contribution in [0, 0.1) is 26.6 Å². The molecular weight excluding hydrogens is 526 g/mol. The molecule has 3 rings (SSSR count). The Morgan fingerprint density at radius 2 is 0.657 bits per heavy atom. The second-order valence-corrected chi connectivity index (χ2v) is 8.88. The number of benzene rings is 3. The summed E-state index contributed by atoms with van der Waals surface area (Å²) in [6.45, 7) is 18.0. The number of rotatable bonds is 6.